The average molecular weight is 346 g/mol. The number of nitrogens with one attached hydrogen (secondary N) is 1. The van der Waals surface area contributed by atoms with E-state index in [1.807, 2.05) is 46.9 Å². The minimum atomic E-state index is -0.484. The van der Waals surface area contributed by atoms with Gasteiger partial charge < -0.3 is 14.6 Å². The van der Waals surface area contributed by atoms with Crippen LogP contribution in [0, 0.1) is 5.82 Å². The molecule has 0 saturated heterocycles. The maximum atomic E-state index is 13.3. The number of amides is 1. The predicted octanol–water partition coefficient (Wildman–Crippen LogP) is 5.36. The Labute approximate surface area is 148 Å². The first kappa shape index (κ1) is 19.0. The van der Waals surface area contributed by atoms with E-state index in [0.717, 1.165) is 22.9 Å². The first-order valence-electron chi connectivity index (χ1n) is 8.77. The largest absolute Gasteiger partial charge is 0.444 e. The van der Waals surface area contributed by atoms with Crippen LogP contribution in [-0.4, -0.2) is 34.7 Å². The van der Waals surface area contributed by atoms with Crippen LogP contribution in [0.2, 0.25) is 0 Å². The third-order valence-electron chi connectivity index (χ3n) is 3.85. The van der Waals surface area contributed by atoms with Crippen molar-refractivity contribution in [3.8, 4) is 0 Å². The van der Waals surface area contributed by atoms with Gasteiger partial charge in [-0.2, -0.15) is 0 Å². The number of H-pyrrole nitrogens is 1. The highest BCUT2D eigenvalue weighted by Crippen LogP contribution is 2.30. The summed E-state index contributed by atoms with van der Waals surface area (Å²) in [7, 11) is 0. The topological polar surface area (TPSA) is 45.3 Å². The van der Waals surface area contributed by atoms with Crippen LogP contribution in [0.3, 0.4) is 0 Å². The molecule has 1 N–H and O–H groups in total. The molecule has 0 saturated carbocycles. The molecule has 1 aliphatic heterocycles. The fourth-order valence-corrected chi connectivity index (χ4v) is 2.77. The third kappa shape index (κ3) is 4.62. The van der Waals surface area contributed by atoms with Crippen molar-refractivity contribution in [2.24, 2.45) is 0 Å². The van der Waals surface area contributed by atoms with Crippen molar-refractivity contribution in [2.45, 2.75) is 46.6 Å². The Bertz CT molecular complexity index is 772. The minimum Gasteiger partial charge on any atom is -0.444 e. The van der Waals surface area contributed by atoms with Crippen molar-refractivity contribution < 1.29 is 13.9 Å². The van der Waals surface area contributed by atoms with E-state index < -0.39 is 5.60 Å². The van der Waals surface area contributed by atoms with Crippen molar-refractivity contribution in [2.75, 3.05) is 13.1 Å². The summed E-state index contributed by atoms with van der Waals surface area (Å²) in [6.07, 6.45) is 4.41. The van der Waals surface area contributed by atoms with Crippen LogP contribution in [0.5, 0.6) is 0 Å². The lowest BCUT2D eigenvalue weighted by atomic mass is 9.99. The van der Waals surface area contributed by atoms with Gasteiger partial charge in [0, 0.05) is 35.8 Å². The zero-order chi connectivity index (χ0) is 18.6. The molecule has 136 valence electrons. The van der Waals surface area contributed by atoms with Gasteiger partial charge >= 0.3 is 6.09 Å². The molecule has 5 heteroatoms. The van der Waals surface area contributed by atoms with Crippen molar-refractivity contribution >= 4 is 22.6 Å². The number of fused-ring (bicyclic) bond motifs is 1. The number of benzene rings is 1. The number of carbonyl (C=O) groups is 1. The Kier molecular flexibility index (Phi) is 5.88. The van der Waals surface area contributed by atoms with Gasteiger partial charge in [0.1, 0.15) is 11.4 Å². The normalized spacial score (nSPS) is 14.6. The molecule has 25 heavy (non-hydrogen) atoms. The number of rotatable bonds is 1. The minimum absolute atomic E-state index is 0.250. The lowest BCUT2D eigenvalue weighted by Gasteiger charge is -2.29. The number of aromatic amines is 1. The highest BCUT2D eigenvalue weighted by molar-refractivity contribution is 5.93. The maximum absolute atomic E-state index is 13.3. The second kappa shape index (κ2) is 7.72. The molecule has 0 aliphatic carbocycles. The van der Waals surface area contributed by atoms with Crippen LogP contribution in [0.1, 0.15) is 46.6 Å². The number of hydrogen-bond donors (Lipinski definition) is 1. The number of nitrogens with zero attached hydrogens (tertiary/aromatic N) is 1. The zero-order valence-electron chi connectivity index (χ0n) is 15.6. The van der Waals surface area contributed by atoms with E-state index in [-0.39, 0.29) is 11.9 Å². The molecule has 0 spiro atoms. The Morgan fingerprint density at radius 1 is 1.28 bits per heavy atom. The third-order valence-corrected chi connectivity index (χ3v) is 3.85. The molecular formula is C20H27FN2O2. The van der Waals surface area contributed by atoms with Gasteiger partial charge in [0.2, 0.25) is 0 Å². The molecule has 3 rings (SSSR count). The maximum Gasteiger partial charge on any atom is 0.410 e. The molecule has 1 aliphatic rings. The quantitative estimate of drug-likeness (QED) is 0.756. The van der Waals surface area contributed by atoms with E-state index in [0.29, 0.717) is 13.1 Å². The van der Waals surface area contributed by atoms with Crippen LogP contribution >= 0.6 is 0 Å². The monoisotopic (exact) mass is 346 g/mol. The first-order chi connectivity index (χ1) is 11.8. The molecule has 1 amide bonds. The molecular weight excluding hydrogens is 319 g/mol. The van der Waals surface area contributed by atoms with Gasteiger partial charge in [0.15, 0.2) is 0 Å². The van der Waals surface area contributed by atoms with Gasteiger partial charge in [-0.1, -0.05) is 19.9 Å². The number of ether oxygens (including phenoxy) is 1. The summed E-state index contributed by atoms with van der Waals surface area (Å²) in [5, 5.41) is 1.00. The number of halogens is 1. The SMILES string of the molecule is CC.CC(C)(C)OC(=O)N1CC=C(c2c[nH]c3cc(F)ccc23)CC1. The molecule has 1 aromatic heterocycles. The van der Waals surface area contributed by atoms with Crippen molar-refractivity contribution in [1.82, 2.24) is 9.88 Å². The zero-order valence-corrected chi connectivity index (χ0v) is 15.6. The summed E-state index contributed by atoms with van der Waals surface area (Å²) in [6, 6.07) is 4.75. The lowest BCUT2D eigenvalue weighted by Crippen LogP contribution is -2.39. The summed E-state index contributed by atoms with van der Waals surface area (Å²) in [4.78, 5) is 16.9. The van der Waals surface area contributed by atoms with Gasteiger partial charge in [0.25, 0.3) is 0 Å². The van der Waals surface area contributed by atoms with Crippen LogP contribution in [0.25, 0.3) is 16.5 Å². The van der Waals surface area contributed by atoms with E-state index in [1.165, 1.54) is 17.7 Å². The number of carbonyl (C=O) groups excluding carboxylic acids is 1. The number of aromatic nitrogens is 1. The van der Waals surface area contributed by atoms with Crippen LogP contribution < -0.4 is 0 Å². The van der Waals surface area contributed by atoms with E-state index >= 15 is 0 Å². The summed E-state index contributed by atoms with van der Waals surface area (Å²) < 4.78 is 18.7. The average Bonchev–Trinajstić information content (AvgIpc) is 2.98. The Hall–Kier alpha value is -2.30. The van der Waals surface area contributed by atoms with Gasteiger partial charge in [-0.3, -0.25) is 0 Å². The molecule has 0 atom stereocenters. The van der Waals surface area contributed by atoms with Crippen LogP contribution in [0.15, 0.2) is 30.5 Å². The predicted molar refractivity (Wildman–Crippen MR) is 100 cm³/mol. The second-order valence-corrected chi connectivity index (χ2v) is 6.80. The van der Waals surface area contributed by atoms with Crippen molar-refractivity contribution in [1.29, 1.82) is 0 Å². The molecule has 1 aromatic carbocycles. The van der Waals surface area contributed by atoms with E-state index in [9.17, 15) is 9.18 Å². The summed E-state index contributed by atoms with van der Waals surface area (Å²) in [5.74, 6) is -0.250. The van der Waals surface area contributed by atoms with E-state index in [4.69, 9.17) is 4.74 Å². The summed E-state index contributed by atoms with van der Waals surface area (Å²) in [6.45, 7) is 10.7. The van der Waals surface area contributed by atoms with Crippen LogP contribution in [0.4, 0.5) is 9.18 Å². The second-order valence-electron chi connectivity index (χ2n) is 6.80. The van der Waals surface area contributed by atoms with Gasteiger partial charge in [0.05, 0.1) is 0 Å². The molecule has 4 nitrogen and oxygen atoms in total. The fraction of sp³-hybridized carbons (Fsp3) is 0.450. The van der Waals surface area contributed by atoms with Gasteiger partial charge in [-0.15, -0.1) is 0 Å². The molecule has 0 unspecified atom stereocenters. The Morgan fingerprint density at radius 3 is 2.60 bits per heavy atom. The summed E-state index contributed by atoms with van der Waals surface area (Å²) >= 11 is 0. The molecule has 0 bridgehead atoms. The van der Waals surface area contributed by atoms with Gasteiger partial charge in [-0.25, -0.2) is 9.18 Å². The number of hydrogen-bond acceptors (Lipinski definition) is 2. The standard InChI is InChI=1S/C18H21FN2O2.C2H6/c1-18(2,3)23-17(22)21-8-6-12(7-9-21)15-11-20-16-10-13(19)4-5-14(15)16;1-2/h4-6,10-11,20H,7-9H2,1-3H3;1-2H3. The lowest BCUT2D eigenvalue weighted by molar-refractivity contribution is 0.0270. The fourth-order valence-electron chi connectivity index (χ4n) is 2.77. The molecule has 0 radical (unpaired) electrons. The summed E-state index contributed by atoms with van der Waals surface area (Å²) in [5.41, 5.74) is 2.55. The van der Waals surface area contributed by atoms with Crippen LogP contribution in [-0.2, 0) is 4.74 Å². The molecule has 2 heterocycles. The molecule has 0 fully saturated rings. The smallest absolute Gasteiger partial charge is 0.410 e. The first-order valence-corrected chi connectivity index (χ1v) is 8.77. The van der Waals surface area contributed by atoms with E-state index in [2.05, 4.69) is 4.98 Å². The highest BCUT2D eigenvalue weighted by atomic mass is 19.1. The van der Waals surface area contributed by atoms with Gasteiger partial charge in [-0.05, 0) is 51.0 Å². The van der Waals surface area contributed by atoms with Crippen molar-refractivity contribution in [3.63, 3.8) is 0 Å². The Balaban J connectivity index is 0.00000109. The van der Waals surface area contributed by atoms with E-state index in [1.54, 1.807) is 11.0 Å². The highest BCUT2D eigenvalue weighted by Gasteiger charge is 2.24. The Morgan fingerprint density at radius 2 is 2.00 bits per heavy atom. The molecule has 2 aromatic rings. The van der Waals surface area contributed by atoms with Crippen molar-refractivity contribution in [3.05, 3.63) is 41.9 Å².